The molecule has 0 saturated carbocycles. The Labute approximate surface area is 72.6 Å². The summed E-state index contributed by atoms with van der Waals surface area (Å²) < 4.78 is 7.03. The Hall–Kier alpha value is -1.03. The second kappa shape index (κ2) is 4.77. The van der Waals surface area contributed by atoms with Gasteiger partial charge in [0, 0.05) is 39.7 Å². The number of nitrogens with one attached hydrogen (secondary N) is 1. The number of methoxy groups -OCH3 is 1. The molecule has 0 aliphatic carbocycles. The van der Waals surface area contributed by atoms with Crippen LogP contribution in [0, 0.1) is 0 Å². The molecule has 0 spiro atoms. The second-order valence-electron chi connectivity index (χ2n) is 2.54. The minimum absolute atomic E-state index is 0.793. The highest BCUT2D eigenvalue weighted by Crippen LogP contribution is 2.03. The summed E-state index contributed by atoms with van der Waals surface area (Å²) in [6.07, 6.45) is 4.77. The van der Waals surface area contributed by atoms with Crippen molar-refractivity contribution in [2.24, 2.45) is 0 Å². The molecular formula is C8H15N3O. The van der Waals surface area contributed by atoms with E-state index >= 15 is 0 Å². The zero-order valence-electron chi connectivity index (χ0n) is 7.58. The molecule has 0 unspecified atom stereocenters. The van der Waals surface area contributed by atoms with Gasteiger partial charge in [-0.05, 0) is 6.42 Å². The Kier molecular flexibility index (Phi) is 3.60. The zero-order valence-corrected chi connectivity index (χ0v) is 7.58. The van der Waals surface area contributed by atoms with E-state index in [-0.39, 0.29) is 0 Å². The van der Waals surface area contributed by atoms with Gasteiger partial charge >= 0.3 is 0 Å². The first-order valence-electron chi connectivity index (χ1n) is 4.06. The van der Waals surface area contributed by atoms with E-state index in [1.54, 1.807) is 13.3 Å². The van der Waals surface area contributed by atoms with Gasteiger partial charge in [0.15, 0.2) is 0 Å². The highest BCUT2D eigenvalue weighted by Gasteiger charge is 1.97. The SMILES string of the molecule is CNc1nccn1CCCOC. The van der Waals surface area contributed by atoms with Crippen LogP contribution >= 0.6 is 0 Å². The number of rotatable bonds is 5. The van der Waals surface area contributed by atoms with Gasteiger partial charge in [-0.3, -0.25) is 0 Å². The van der Waals surface area contributed by atoms with E-state index in [2.05, 4.69) is 14.9 Å². The number of nitrogens with zero attached hydrogens (tertiary/aromatic N) is 2. The van der Waals surface area contributed by atoms with E-state index in [9.17, 15) is 0 Å². The molecule has 1 aromatic rings. The molecular weight excluding hydrogens is 154 g/mol. The largest absolute Gasteiger partial charge is 0.385 e. The van der Waals surface area contributed by atoms with Crippen molar-refractivity contribution < 1.29 is 4.74 Å². The fraction of sp³-hybridized carbons (Fsp3) is 0.625. The molecule has 0 bridgehead atoms. The molecule has 0 saturated heterocycles. The van der Waals surface area contributed by atoms with Gasteiger partial charge < -0.3 is 14.6 Å². The fourth-order valence-corrected chi connectivity index (χ4v) is 1.10. The molecule has 0 amide bonds. The minimum Gasteiger partial charge on any atom is -0.385 e. The number of ether oxygens (including phenoxy) is 1. The standard InChI is InChI=1S/C8H15N3O/c1-9-8-10-4-6-11(8)5-3-7-12-2/h4,6H,3,5,7H2,1-2H3,(H,9,10). The lowest BCUT2D eigenvalue weighted by Gasteiger charge is -2.05. The average molecular weight is 169 g/mol. The molecule has 0 atom stereocenters. The maximum Gasteiger partial charge on any atom is 0.202 e. The van der Waals surface area contributed by atoms with E-state index < -0.39 is 0 Å². The number of imidazole rings is 1. The summed E-state index contributed by atoms with van der Waals surface area (Å²) in [4.78, 5) is 4.12. The van der Waals surface area contributed by atoms with Crippen molar-refractivity contribution in [2.75, 3.05) is 26.1 Å². The minimum atomic E-state index is 0.793. The number of aryl methyl sites for hydroxylation is 1. The monoisotopic (exact) mass is 169 g/mol. The lowest BCUT2D eigenvalue weighted by atomic mass is 10.4. The molecule has 1 rings (SSSR count). The molecule has 0 fully saturated rings. The molecule has 1 N–H and O–H groups in total. The van der Waals surface area contributed by atoms with Crippen molar-refractivity contribution in [1.29, 1.82) is 0 Å². The maximum atomic E-state index is 4.96. The summed E-state index contributed by atoms with van der Waals surface area (Å²) in [5.74, 6) is 0.908. The zero-order chi connectivity index (χ0) is 8.81. The van der Waals surface area contributed by atoms with E-state index in [4.69, 9.17) is 4.74 Å². The van der Waals surface area contributed by atoms with E-state index in [1.165, 1.54) is 0 Å². The van der Waals surface area contributed by atoms with Crippen LogP contribution in [-0.4, -0.2) is 30.3 Å². The molecule has 0 aromatic carbocycles. The van der Waals surface area contributed by atoms with Crippen LogP contribution in [0.1, 0.15) is 6.42 Å². The first kappa shape index (κ1) is 9.06. The lowest BCUT2D eigenvalue weighted by Crippen LogP contribution is -2.04. The Morgan fingerprint density at radius 1 is 1.67 bits per heavy atom. The number of aromatic nitrogens is 2. The summed E-state index contributed by atoms with van der Waals surface area (Å²) in [5, 5.41) is 3.01. The van der Waals surface area contributed by atoms with Crippen molar-refractivity contribution in [3.05, 3.63) is 12.4 Å². The summed E-state index contributed by atoms with van der Waals surface area (Å²) >= 11 is 0. The number of hydrogen-bond donors (Lipinski definition) is 1. The average Bonchev–Trinajstić information content (AvgIpc) is 2.52. The van der Waals surface area contributed by atoms with Crippen LogP contribution in [-0.2, 0) is 11.3 Å². The molecule has 4 heteroatoms. The highest BCUT2D eigenvalue weighted by atomic mass is 16.5. The van der Waals surface area contributed by atoms with Gasteiger partial charge in [-0.2, -0.15) is 0 Å². The summed E-state index contributed by atoms with van der Waals surface area (Å²) in [7, 11) is 3.59. The Morgan fingerprint density at radius 3 is 3.17 bits per heavy atom. The van der Waals surface area contributed by atoms with Gasteiger partial charge in [0.25, 0.3) is 0 Å². The van der Waals surface area contributed by atoms with E-state index in [1.807, 2.05) is 13.2 Å². The van der Waals surface area contributed by atoms with Crippen LogP contribution in [0.4, 0.5) is 5.95 Å². The summed E-state index contributed by atoms with van der Waals surface area (Å²) in [6.45, 7) is 1.74. The van der Waals surface area contributed by atoms with Crippen molar-refractivity contribution in [3.63, 3.8) is 0 Å². The van der Waals surface area contributed by atoms with Crippen molar-refractivity contribution in [3.8, 4) is 0 Å². The Morgan fingerprint density at radius 2 is 2.50 bits per heavy atom. The maximum absolute atomic E-state index is 4.96. The van der Waals surface area contributed by atoms with Crippen LogP contribution in [0.3, 0.4) is 0 Å². The smallest absolute Gasteiger partial charge is 0.202 e. The Bertz CT molecular complexity index is 222. The molecule has 0 radical (unpaired) electrons. The number of anilines is 1. The van der Waals surface area contributed by atoms with Crippen LogP contribution in [0.15, 0.2) is 12.4 Å². The second-order valence-corrected chi connectivity index (χ2v) is 2.54. The molecule has 12 heavy (non-hydrogen) atoms. The molecule has 0 aliphatic rings. The highest BCUT2D eigenvalue weighted by molar-refractivity contribution is 5.23. The topological polar surface area (TPSA) is 39.1 Å². The van der Waals surface area contributed by atoms with Gasteiger partial charge in [0.2, 0.25) is 5.95 Å². The molecule has 1 heterocycles. The van der Waals surface area contributed by atoms with Crippen LogP contribution in [0.2, 0.25) is 0 Å². The van der Waals surface area contributed by atoms with Gasteiger partial charge in [-0.15, -0.1) is 0 Å². The predicted molar refractivity (Wildman–Crippen MR) is 48.3 cm³/mol. The third-order valence-electron chi connectivity index (χ3n) is 1.69. The van der Waals surface area contributed by atoms with Crippen LogP contribution in [0.25, 0.3) is 0 Å². The van der Waals surface area contributed by atoms with Gasteiger partial charge in [-0.25, -0.2) is 4.98 Å². The first-order valence-corrected chi connectivity index (χ1v) is 4.06. The summed E-state index contributed by atoms with van der Waals surface area (Å²) in [5.41, 5.74) is 0. The first-order chi connectivity index (χ1) is 5.88. The van der Waals surface area contributed by atoms with E-state index in [0.717, 1.165) is 25.5 Å². The number of hydrogen-bond acceptors (Lipinski definition) is 3. The quantitative estimate of drug-likeness (QED) is 0.667. The van der Waals surface area contributed by atoms with Crippen molar-refractivity contribution >= 4 is 5.95 Å². The lowest BCUT2D eigenvalue weighted by molar-refractivity contribution is 0.190. The van der Waals surface area contributed by atoms with Gasteiger partial charge in [0.05, 0.1) is 0 Å². The van der Waals surface area contributed by atoms with Crippen molar-refractivity contribution in [2.45, 2.75) is 13.0 Å². The Balaban J connectivity index is 2.39. The van der Waals surface area contributed by atoms with Crippen molar-refractivity contribution in [1.82, 2.24) is 9.55 Å². The van der Waals surface area contributed by atoms with Gasteiger partial charge in [0.1, 0.15) is 0 Å². The molecule has 0 aliphatic heterocycles. The molecule has 4 nitrogen and oxygen atoms in total. The third-order valence-corrected chi connectivity index (χ3v) is 1.69. The molecule has 1 aromatic heterocycles. The molecule has 68 valence electrons. The fourth-order valence-electron chi connectivity index (χ4n) is 1.10. The normalized spacial score (nSPS) is 10.2. The van der Waals surface area contributed by atoms with Crippen LogP contribution in [0.5, 0.6) is 0 Å². The third kappa shape index (κ3) is 2.23. The van der Waals surface area contributed by atoms with Gasteiger partial charge in [-0.1, -0.05) is 0 Å². The van der Waals surface area contributed by atoms with Crippen LogP contribution < -0.4 is 5.32 Å². The predicted octanol–water partition coefficient (Wildman–Crippen LogP) is 0.961. The summed E-state index contributed by atoms with van der Waals surface area (Å²) in [6, 6.07) is 0. The van der Waals surface area contributed by atoms with E-state index in [0.29, 0.717) is 0 Å².